The van der Waals surface area contributed by atoms with E-state index in [0.29, 0.717) is 11.7 Å². The highest BCUT2D eigenvalue weighted by atomic mass is 16.7. The maximum atomic E-state index is 12.2. The first-order chi connectivity index (χ1) is 17.6. The number of hydrogen-bond acceptors (Lipinski definition) is 7. The lowest BCUT2D eigenvalue weighted by atomic mass is 9.94. The van der Waals surface area contributed by atoms with E-state index in [4.69, 9.17) is 10.4 Å². The highest BCUT2D eigenvalue weighted by molar-refractivity contribution is 5.88. The summed E-state index contributed by atoms with van der Waals surface area (Å²) in [7, 11) is 3.77. The smallest absolute Gasteiger partial charge is 0.252 e. The molecule has 1 aliphatic carbocycles. The Morgan fingerprint density at radius 1 is 1.22 bits per heavy atom. The molecule has 4 rings (SSSR count). The number of anilines is 1. The molecule has 0 bridgehead atoms. The van der Waals surface area contributed by atoms with Crippen molar-refractivity contribution in [2.24, 2.45) is 12.2 Å². The molecule has 2 heterocycles. The third-order valence-electron chi connectivity index (χ3n) is 6.32. The maximum absolute atomic E-state index is 12.2. The molecule has 0 unspecified atom stereocenters. The van der Waals surface area contributed by atoms with Gasteiger partial charge < -0.3 is 19.4 Å². The van der Waals surface area contributed by atoms with Gasteiger partial charge in [-0.2, -0.15) is 5.26 Å². The first kappa shape index (κ1) is 29.5. The molecule has 0 saturated heterocycles. The summed E-state index contributed by atoms with van der Waals surface area (Å²) < 4.78 is 1.59. The van der Waals surface area contributed by atoms with Gasteiger partial charge in [0.05, 0.1) is 17.8 Å². The maximum Gasteiger partial charge on any atom is 0.252 e. The molecule has 0 atom stereocenters. The van der Waals surface area contributed by atoms with Crippen LogP contribution in [0, 0.1) is 18.3 Å². The van der Waals surface area contributed by atoms with Crippen LogP contribution >= 0.6 is 0 Å². The molecule has 37 heavy (non-hydrogen) atoms. The summed E-state index contributed by atoms with van der Waals surface area (Å²) in [5, 5.41) is 20.8. The van der Waals surface area contributed by atoms with Crippen LogP contribution in [0.5, 0.6) is 0 Å². The summed E-state index contributed by atoms with van der Waals surface area (Å²) >= 11 is 0. The second-order valence-corrected chi connectivity index (χ2v) is 9.80. The van der Waals surface area contributed by atoms with E-state index in [1.807, 2.05) is 25.2 Å². The van der Waals surface area contributed by atoms with Crippen molar-refractivity contribution in [3.8, 4) is 6.07 Å². The summed E-state index contributed by atoms with van der Waals surface area (Å²) in [6.45, 7) is 8.59. The van der Waals surface area contributed by atoms with Crippen LogP contribution in [0.15, 0.2) is 58.5 Å². The second kappa shape index (κ2) is 14.1. The number of nitrogens with zero attached hydrogens (tertiary/aromatic N) is 5. The summed E-state index contributed by atoms with van der Waals surface area (Å²) in [5.41, 5.74) is 3.41. The van der Waals surface area contributed by atoms with E-state index in [1.165, 1.54) is 24.8 Å². The molecule has 1 aliphatic rings. The van der Waals surface area contributed by atoms with Gasteiger partial charge in [-0.3, -0.25) is 4.79 Å². The van der Waals surface area contributed by atoms with Crippen molar-refractivity contribution < 1.29 is 9.94 Å². The minimum absolute atomic E-state index is 0.0448. The van der Waals surface area contributed by atoms with Crippen LogP contribution in [-0.2, 0) is 11.9 Å². The molecule has 198 valence electrons. The largest absolute Gasteiger partial charge is 0.392 e. The van der Waals surface area contributed by atoms with Gasteiger partial charge in [-0.05, 0) is 45.7 Å². The Morgan fingerprint density at radius 2 is 1.86 bits per heavy atom. The van der Waals surface area contributed by atoms with Crippen molar-refractivity contribution in [1.29, 1.82) is 5.26 Å². The SMILES string of the molecule is C=NOC(C)(C)CO.CN(c1cc(=O)n(C)c2ccc(C#N)nc12)C1CCCCC1.Cc1ccccc1. The lowest BCUT2D eigenvalue weighted by molar-refractivity contribution is -0.0501. The minimum atomic E-state index is -0.582. The highest BCUT2D eigenvalue weighted by Crippen LogP contribution is 2.29. The summed E-state index contributed by atoms with van der Waals surface area (Å²) in [4.78, 5) is 23.5. The van der Waals surface area contributed by atoms with Crippen molar-refractivity contribution in [1.82, 2.24) is 9.55 Å². The average Bonchev–Trinajstić information content (AvgIpc) is 2.91. The molecule has 8 heteroatoms. The van der Waals surface area contributed by atoms with Crippen molar-refractivity contribution in [3.63, 3.8) is 0 Å². The quantitative estimate of drug-likeness (QED) is 0.388. The van der Waals surface area contributed by atoms with Crippen LogP contribution in [0.2, 0.25) is 0 Å². The van der Waals surface area contributed by atoms with E-state index >= 15 is 0 Å². The minimum Gasteiger partial charge on any atom is -0.392 e. The van der Waals surface area contributed by atoms with Crippen LogP contribution < -0.4 is 10.5 Å². The van der Waals surface area contributed by atoms with Crippen LogP contribution in [0.3, 0.4) is 0 Å². The molecular weight excluding hydrogens is 466 g/mol. The van der Waals surface area contributed by atoms with Crippen molar-refractivity contribution >= 4 is 23.4 Å². The fourth-order valence-corrected chi connectivity index (χ4v) is 4.05. The van der Waals surface area contributed by atoms with Gasteiger partial charge in [0.25, 0.3) is 5.56 Å². The number of rotatable bonds is 5. The number of nitriles is 1. The number of aryl methyl sites for hydroxylation is 2. The Bertz CT molecular complexity index is 1240. The molecule has 0 spiro atoms. The molecule has 1 N–H and O–H groups in total. The molecule has 0 aliphatic heterocycles. The first-order valence-electron chi connectivity index (χ1n) is 12.5. The second-order valence-electron chi connectivity index (χ2n) is 9.80. The zero-order valence-corrected chi connectivity index (χ0v) is 22.6. The summed E-state index contributed by atoms with van der Waals surface area (Å²) in [5.74, 6) is 0. The van der Waals surface area contributed by atoms with Gasteiger partial charge in [-0.15, -0.1) is 5.16 Å². The van der Waals surface area contributed by atoms with E-state index in [-0.39, 0.29) is 12.2 Å². The van der Waals surface area contributed by atoms with E-state index < -0.39 is 5.60 Å². The summed E-state index contributed by atoms with van der Waals surface area (Å²) in [6, 6.07) is 17.9. The molecule has 2 aromatic heterocycles. The Balaban J connectivity index is 0.000000263. The predicted octanol–water partition coefficient (Wildman–Crippen LogP) is 4.96. The highest BCUT2D eigenvalue weighted by Gasteiger charge is 2.21. The fourth-order valence-electron chi connectivity index (χ4n) is 4.05. The molecule has 3 aromatic rings. The van der Waals surface area contributed by atoms with Gasteiger partial charge in [-0.1, -0.05) is 55.2 Å². The van der Waals surface area contributed by atoms with E-state index in [2.05, 4.69) is 51.7 Å². The Hall–Kier alpha value is -3.70. The number of oxime groups is 1. The lowest BCUT2D eigenvalue weighted by Crippen LogP contribution is -2.34. The third kappa shape index (κ3) is 8.72. The molecule has 1 saturated carbocycles. The molecule has 1 aromatic carbocycles. The van der Waals surface area contributed by atoms with Crippen LogP contribution in [0.25, 0.3) is 11.0 Å². The van der Waals surface area contributed by atoms with Gasteiger partial charge in [-0.25, -0.2) is 4.98 Å². The molecule has 1 fully saturated rings. The number of aliphatic hydroxyl groups excluding tert-OH is 1. The number of hydrogen-bond donors (Lipinski definition) is 1. The normalized spacial score (nSPS) is 13.3. The van der Waals surface area contributed by atoms with Crippen LogP contribution in [0.4, 0.5) is 5.69 Å². The number of pyridine rings is 2. The standard InChI is InChI=1S/C17H20N4O.C7H8.C5H11NO2/c1-20(13-6-4-3-5-7-13)15-10-16(22)21(2)14-9-8-12(11-18)19-17(14)15;1-7-5-3-2-4-6-7;1-5(2,4-7)8-6-3/h8-10,13H,3-7H2,1-2H3;2-6H,1H3;7H,3-4H2,1-2H3. The molecule has 0 amide bonds. The first-order valence-corrected chi connectivity index (χ1v) is 12.5. The van der Waals surface area contributed by atoms with Gasteiger partial charge in [0.1, 0.15) is 17.3 Å². The van der Waals surface area contributed by atoms with Gasteiger partial charge in [0.2, 0.25) is 0 Å². The van der Waals surface area contributed by atoms with Crippen LogP contribution in [-0.4, -0.2) is 46.7 Å². The zero-order chi connectivity index (χ0) is 27.4. The van der Waals surface area contributed by atoms with Crippen molar-refractivity contribution in [2.75, 3.05) is 18.6 Å². The van der Waals surface area contributed by atoms with E-state index in [1.54, 1.807) is 43.7 Å². The Kier molecular flexibility index (Phi) is 11.3. The van der Waals surface area contributed by atoms with Crippen LogP contribution in [0.1, 0.15) is 57.2 Å². The molecule has 0 radical (unpaired) electrons. The predicted molar refractivity (Wildman–Crippen MR) is 150 cm³/mol. The lowest BCUT2D eigenvalue weighted by Gasteiger charge is -2.33. The zero-order valence-electron chi connectivity index (χ0n) is 22.6. The molecular formula is C29H39N5O3. The monoisotopic (exact) mass is 505 g/mol. The van der Waals surface area contributed by atoms with Crippen molar-refractivity contribution in [2.45, 2.75) is 64.5 Å². The third-order valence-corrected chi connectivity index (χ3v) is 6.32. The van der Waals surface area contributed by atoms with Crippen molar-refractivity contribution in [3.05, 3.63) is 70.1 Å². The number of benzene rings is 1. The molecule has 8 nitrogen and oxygen atoms in total. The average molecular weight is 506 g/mol. The van der Waals surface area contributed by atoms with E-state index in [0.717, 1.165) is 29.6 Å². The number of fused-ring (bicyclic) bond motifs is 1. The Morgan fingerprint density at radius 3 is 2.35 bits per heavy atom. The van der Waals surface area contributed by atoms with Gasteiger partial charge in [0.15, 0.2) is 5.60 Å². The van der Waals surface area contributed by atoms with E-state index in [9.17, 15) is 4.79 Å². The van der Waals surface area contributed by atoms with Gasteiger partial charge in [0, 0.05) is 32.9 Å². The Labute approximate surface area is 219 Å². The summed E-state index contributed by atoms with van der Waals surface area (Å²) in [6.07, 6.45) is 6.04. The topological polar surface area (TPSA) is 104 Å². The number of aromatic nitrogens is 2. The van der Waals surface area contributed by atoms with Gasteiger partial charge >= 0.3 is 0 Å². The number of aliphatic hydroxyl groups is 1. The fraction of sp³-hybridized carbons (Fsp3) is 0.448.